The molecule has 0 atom stereocenters. The molecule has 0 fully saturated rings. The summed E-state index contributed by atoms with van der Waals surface area (Å²) in [4.78, 5) is 4.69. The van der Waals surface area contributed by atoms with Gasteiger partial charge in [-0.15, -0.1) is 0 Å². The lowest BCUT2D eigenvalue weighted by Crippen LogP contribution is -2.14. The number of hydrogen-bond donors (Lipinski definition) is 0. The van der Waals surface area contributed by atoms with Crippen molar-refractivity contribution in [1.29, 1.82) is 0 Å². The molecule has 2 nitrogen and oxygen atoms in total. The van der Waals surface area contributed by atoms with E-state index in [0.29, 0.717) is 0 Å². The second-order valence-electron chi connectivity index (χ2n) is 15.6. The molecule has 0 saturated heterocycles. The van der Waals surface area contributed by atoms with E-state index in [1.165, 1.54) is 21.9 Å². The summed E-state index contributed by atoms with van der Waals surface area (Å²) in [5.74, 6) is 0. The van der Waals surface area contributed by atoms with Gasteiger partial charge < -0.3 is 9.80 Å². The van der Waals surface area contributed by atoms with Crippen LogP contribution in [0.3, 0.4) is 0 Å². The maximum Gasteiger partial charge on any atom is 0.0540 e. The van der Waals surface area contributed by atoms with Crippen LogP contribution in [0.4, 0.5) is 34.1 Å². The van der Waals surface area contributed by atoms with Gasteiger partial charge in [0.15, 0.2) is 0 Å². The van der Waals surface area contributed by atoms with Crippen LogP contribution in [-0.4, -0.2) is 0 Å². The first kappa shape index (κ1) is 34.6. The molecule has 0 spiro atoms. The molecule has 0 saturated carbocycles. The van der Waals surface area contributed by atoms with Crippen molar-refractivity contribution in [2.24, 2.45) is 0 Å². The van der Waals surface area contributed by atoms with Crippen LogP contribution in [0.2, 0.25) is 0 Å². The summed E-state index contributed by atoms with van der Waals surface area (Å²) in [6.07, 6.45) is 4.39. The Bertz CT molecular complexity index is 2200. The Hall–Kier alpha value is -5.86. The largest absolute Gasteiger partial charge is 0.311 e. The molecule has 7 aromatic carbocycles. The Labute approximate surface area is 310 Å². The van der Waals surface area contributed by atoms with E-state index in [9.17, 15) is 0 Å². The molecule has 0 heterocycles. The zero-order valence-corrected chi connectivity index (χ0v) is 31.2. The van der Waals surface area contributed by atoms with E-state index < -0.39 is 0 Å². The van der Waals surface area contributed by atoms with Crippen molar-refractivity contribution < 1.29 is 0 Å². The fourth-order valence-electron chi connectivity index (χ4n) is 6.74. The molecular weight excluding hydrogens is 629 g/mol. The number of nitrogens with zero attached hydrogens (tertiary/aromatic N) is 2. The van der Waals surface area contributed by atoms with Gasteiger partial charge in [-0.25, -0.2) is 0 Å². The van der Waals surface area contributed by atoms with Gasteiger partial charge in [-0.2, -0.15) is 0 Å². The van der Waals surface area contributed by atoms with E-state index in [0.717, 1.165) is 45.3 Å². The summed E-state index contributed by atoms with van der Waals surface area (Å²) in [6, 6.07) is 61.4. The normalized spacial score (nSPS) is 12.0. The maximum atomic E-state index is 2.35. The third kappa shape index (κ3) is 7.57. The van der Waals surface area contributed by atoms with Crippen molar-refractivity contribution in [1.82, 2.24) is 0 Å². The second kappa shape index (κ2) is 14.4. The van der Waals surface area contributed by atoms with Crippen LogP contribution in [0.5, 0.6) is 0 Å². The average Bonchev–Trinajstić information content (AvgIpc) is 3.15. The molecule has 258 valence electrons. The molecule has 2 heteroatoms. The van der Waals surface area contributed by atoms with Gasteiger partial charge in [0, 0.05) is 33.8 Å². The van der Waals surface area contributed by atoms with Crippen molar-refractivity contribution in [3.8, 4) is 0 Å². The van der Waals surface area contributed by atoms with Gasteiger partial charge >= 0.3 is 0 Å². The van der Waals surface area contributed by atoms with Crippen LogP contribution >= 0.6 is 0 Å². The Morgan fingerprint density at radius 2 is 0.731 bits per heavy atom. The van der Waals surface area contributed by atoms with Crippen LogP contribution in [0.1, 0.15) is 63.8 Å². The third-order valence-electron chi connectivity index (χ3n) is 9.78. The monoisotopic (exact) mass is 676 g/mol. The van der Waals surface area contributed by atoms with Gasteiger partial charge in [0.25, 0.3) is 0 Å². The summed E-state index contributed by atoms with van der Waals surface area (Å²) in [7, 11) is 0. The van der Waals surface area contributed by atoms with Crippen LogP contribution in [0, 0.1) is 0 Å². The van der Waals surface area contributed by atoms with Crippen molar-refractivity contribution in [2.75, 3.05) is 9.80 Å². The molecule has 7 rings (SSSR count). The van der Waals surface area contributed by atoms with Gasteiger partial charge in [-0.05, 0) is 105 Å². The van der Waals surface area contributed by atoms with Gasteiger partial charge in [0.05, 0.1) is 5.69 Å². The molecule has 0 aliphatic carbocycles. The van der Waals surface area contributed by atoms with Crippen LogP contribution < -0.4 is 9.80 Å². The van der Waals surface area contributed by atoms with Crippen molar-refractivity contribution in [2.45, 2.75) is 52.4 Å². The van der Waals surface area contributed by atoms with E-state index >= 15 is 0 Å². The predicted octanol–water partition coefficient (Wildman–Crippen LogP) is 14.5. The van der Waals surface area contributed by atoms with Crippen molar-refractivity contribution in [3.63, 3.8) is 0 Å². The van der Waals surface area contributed by atoms with Crippen LogP contribution in [0.15, 0.2) is 170 Å². The predicted molar refractivity (Wildman–Crippen MR) is 226 cm³/mol. The third-order valence-corrected chi connectivity index (χ3v) is 9.78. The first-order chi connectivity index (χ1) is 25.0. The summed E-state index contributed by atoms with van der Waals surface area (Å²) < 4.78 is 0. The van der Waals surface area contributed by atoms with Crippen molar-refractivity contribution >= 4 is 57.0 Å². The number of benzene rings is 7. The second-order valence-corrected chi connectivity index (χ2v) is 15.6. The topological polar surface area (TPSA) is 6.48 Å². The lowest BCUT2D eigenvalue weighted by Gasteiger charge is -2.28. The highest BCUT2D eigenvalue weighted by atomic mass is 15.1. The molecule has 0 aliphatic heterocycles. The number of hydrogen-bond acceptors (Lipinski definition) is 2. The van der Waals surface area contributed by atoms with Gasteiger partial charge in [0.1, 0.15) is 0 Å². The average molecular weight is 677 g/mol. The summed E-state index contributed by atoms with van der Waals surface area (Å²) in [5, 5.41) is 2.45. The first-order valence-corrected chi connectivity index (χ1v) is 18.3. The Morgan fingerprint density at radius 1 is 0.346 bits per heavy atom. The number of anilines is 6. The summed E-state index contributed by atoms with van der Waals surface area (Å²) in [5.41, 5.74) is 12.0. The summed E-state index contributed by atoms with van der Waals surface area (Å²) in [6.45, 7) is 13.6. The Morgan fingerprint density at radius 3 is 1.21 bits per heavy atom. The van der Waals surface area contributed by atoms with E-state index in [4.69, 9.17) is 0 Å². The molecule has 0 N–H and O–H groups in total. The molecule has 0 bridgehead atoms. The number of fused-ring (bicyclic) bond motifs is 1. The molecule has 0 aromatic heterocycles. The molecule has 0 radical (unpaired) electrons. The molecule has 7 aromatic rings. The minimum atomic E-state index is 0.101. The van der Waals surface area contributed by atoms with Crippen LogP contribution in [-0.2, 0) is 10.8 Å². The molecule has 52 heavy (non-hydrogen) atoms. The highest BCUT2D eigenvalue weighted by molar-refractivity contribution is 5.99. The van der Waals surface area contributed by atoms with Gasteiger partial charge in [-0.1, -0.05) is 157 Å². The number of rotatable bonds is 8. The fourth-order valence-corrected chi connectivity index (χ4v) is 6.74. The minimum absolute atomic E-state index is 0.101. The standard InChI is InChI=1S/C50H48N2/c1-49(2,3)40-25-33-44(34-26-40)51(45-35-27-41(28-36-45)50(4,5)6)43-29-21-37(22-30-43)19-20-38-23-31-46(32-24-38)52(42-15-8-7-9-16-42)48-18-12-14-39-13-10-11-17-47(39)48/h7-36H,1-6H3. The fraction of sp³-hybridized carbons (Fsp3) is 0.160. The Kier molecular flexibility index (Phi) is 9.58. The van der Waals surface area contributed by atoms with E-state index in [-0.39, 0.29) is 10.8 Å². The molecule has 0 amide bonds. The molecule has 0 unspecified atom stereocenters. The van der Waals surface area contributed by atoms with Gasteiger partial charge in [0.2, 0.25) is 0 Å². The van der Waals surface area contributed by atoms with Gasteiger partial charge in [-0.3, -0.25) is 0 Å². The highest BCUT2D eigenvalue weighted by Gasteiger charge is 2.19. The maximum absolute atomic E-state index is 2.35. The number of para-hydroxylation sites is 1. The lowest BCUT2D eigenvalue weighted by atomic mass is 9.86. The van der Waals surface area contributed by atoms with E-state index in [2.05, 4.69) is 233 Å². The van der Waals surface area contributed by atoms with E-state index in [1.807, 2.05) is 0 Å². The zero-order chi connectivity index (χ0) is 36.3. The zero-order valence-electron chi connectivity index (χ0n) is 31.2. The quantitative estimate of drug-likeness (QED) is 0.148. The molecule has 0 aliphatic rings. The minimum Gasteiger partial charge on any atom is -0.311 e. The van der Waals surface area contributed by atoms with Crippen LogP contribution in [0.25, 0.3) is 22.9 Å². The van der Waals surface area contributed by atoms with E-state index in [1.54, 1.807) is 0 Å². The molecular formula is C50H48N2. The summed E-state index contributed by atoms with van der Waals surface area (Å²) >= 11 is 0. The Balaban J connectivity index is 1.15. The van der Waals surface area contributed by atoms with Crippen molar-refractivity contribution in [3.05, 3.63) is 192 Å². The lowest BCUT2D eigenvalue weighted by molar-refractivity contribution is 0.590. The SMILES string of the molecule is CC(C)(C)c1ccc(N(c2ccc(C=Cc3ccc(N(c4ccccc4)c4cccc5ccccc45)cc3)cc2)c2ccc(C(C)(C)C)cc2)cc1. The smallest absolute Gasteiger partial charge is 0.0540 e. The highest BCUT2D eigenvalue weighted by Crippen LogP contribution is 2.40. The first-order valence-electron chi connectivity index (χ1n) is 18.3.